The number of hydrogen-bond donors (Lipinski definition) is 0. The van der Waals surface area contributed by atoms with Crippen molar-refractivity contribution >= 4 is 32.8 Å². The second-order valence-electron chi connectivity index (χ2n) is 6.47. The highest BCUT2D eigenvalue weighted by Gasteiger charge is 2.15. The molecule has 5 rings (SSSR count). The summed E-state index contributed by atoms with van der Waals surface area (Å²) in [4.78, 5) is 9.18. The molecule has 0 N–H and O–H groups in total. The molecular formula is C22H16N2O. The van der Waals surface area contributed by atoms with Crippen LogP contribution in [0.2, 0.25) is 0 Å². The highest BCUT2D eigenvalue weighted by molar-refractivity contribution is 6.16. The Kier molecular flexibility index (Phi) is 2.92. The summed E-state index contributed by atoms with van der Waals surface area (Å²) < 4.78 is 6.34. The number of pyridine rings is 2. The number of rotatable bonds is 1. The molecule has 0 aliphatic heterocycles. The van der Waals surface area contributed by atoms with Crippen molar-refractivity contribution in [3.05, 3.63) is 72.1 Å². The zero-order valence-electron chi connectivity index (χ0n) is 14.1. The molecule has 0 atom stereocenters. The summed E-state index contributed by atoms with van der Waals surface area (Å²) in [5, 5.41) is 3.27. The summed E-state index contributed by atoms with van der Waals surface area (Å²) in [6.07, 6.45) is 1.89. The molecule has 120 valence electrons. The van der Waals surface area contributed by atoms with Crippen molar-refractivity contribution in [3.63, 3.8) is 0 Å². The van der Waals surface area contributed by atoms with Crippen molar-refractivity contribution in [2.24, 2.45) is 0 Å². The number of aromatic nitrogens is 2. The van der Waals surface area contributed by atoms with Crippen LogP contribution in [-0.2, 0) is 0 Å². The van der Waals surface area contributed by atoms with E-state index in [1.807, 2.05) is 32.2 Å². The molecule has 5 aromatic rings. The van der Waals surface area contributed by atoms with Crippen molar-refractivity contribution in [3.8, 4) is 11.3 Å². The SMILES string of the molecule is Cc1ccc(-c2cccc3c2oc2c4ccc(C)nc4ccc32)nc1. The number of fused-ring (bicyclic) bond motifs is 5. The van der Waals surface area contributed by atoms with E-state index in [9.17, 15) is 0 Å². The molecule has 0 saturated carbocycles. The summed E-state index contributed by atoms with van der Waals surface area (Å²) in [6, 6.07) is 18.6. The van der Waals surface area contributed by atoms with Crippen LogP contribution < -0.4 is 0 Å². The topological polar surface area (TPSA) is 38.9 Å². The van der Waals surface area contributed by atoms with Crippen molar-refractivity contribution < 1.29 is 4.42 Å². The largest absolute Gasteiger partial charge is 0.455 e. The predicted octanol–water partition coefficient (Wildman–Crippen LogP) is 5.81. The molecule has 2 aromatic carbocycles. The van der Waals surface area contributed by atoms with Crippen LogP contribution >= 0.6 is 0 Å². The maximum Gasteiger partial charge on any atom is 0.144 e. The van der Waals surface area contributed by atoms with Crippen LogP contribution in [0.3, 0.4) is 0 Å². The van der Waals surface area contributed by atoms with Crippen LogP contribution in [0.15, 0.2) is 65.2 Å². The molecule has 25 heavy (non-hydrogen) atoms. The van der Waals surface area contributed by atoms with Gasteiger partial charge in [-0.05, 0) is 55.8 Å². The predicted molar refractivity (Wildman–Crippen MR) is 102 cm³/mol. The van der Waals surface area contributed by atoms with Crippen LogP contribution in [0.5, 0.6) is 0 Å². The molecule has 0 fully saturated rings. The minimum absolute atomic E-state index is 0.877. The molecular weight excluding hydrogens is 308 g/mol. The number of benzene rings is 2. The highest BCUT2D eigenvalue weighted by atomic mass is 16.3. The fraction of sp³-hybridized carbons (Fsp3) is 0.0909. The number of aryl methyl sites for hydroxylation is 2. The van der Waals surface area contributed by atoms with Gasteiger partial charge in [-0.1, -0.05) is 18.2 Å². The van der Waals surface area contributed by atoms with E-state index in [-0.39, 0.29) is 0 Å². The molecule has 0 aliphatic carbocycles. The van der Waals surface area contributed by atoms with Crippen molar-refractivity contribution in [1.29, 1.82) is 0 Å². The molecule has 3 nitrogen and oxygen atoms in total. The van der Waals surface area contributed by atoms with E-state index in [0.717, 1.165) is 55.4 Å². The minimum Gasteiger partial charge on any atom is -0.455 e. The summed E-state index contributed by atoms with van der Waals surface area (Å²) in [5.41, 5.74) is 6.82. The molecule has 0 bridgehead atoms. The Labute approximate surface area is 144 Å². The fourth-order valence-corrected chi connectivity index (χ4v) is 3.39. The second kappa shape index (κ2) is 5.15. The average Bonchev–Trinajstić information content (AvgIpc) is 3.01. The number of furan rings is 1. The van der Waals surface area contributed by atoms with Gasteiger partial charge in [0, 0.05) is 33.6 Å². The smallest absolute Gasteiger partial charge is 0.144 e. The van der Waals surface area contributed by atoms with Gasteiger partial charge in [-0.15, -0.1) is 0 Å². The fourth-order valence-electron chi connectivity index (χ4n) is 3.39. The van der Waals surface area contributed by atoms with Gasteiger partial charge in [0.15, 0.2) is 0 Å². The Bertz CT molecular complexity index is 1250. The molecule has 3 heteroatoms. The number of nitrogens with zero attached hydrogens (tertiary/aromatic N) is 2. The van der Waals surface area contributed by atoms with Crippen molar-refractivity contribution in [1.82, 2.24) is 9.97 Å². The van der Waals surface area contributed by atoms with Gasteiger partial charge in [0.1, 0.15) is 11.2 Å². The third-order valence-electron chi connectivity index (χ3n) is 4.66. The average molecular weight is 324 g/mol. The van der Waals surface area contributed by atoms with Crippen LogP contribution in [0.4, 0.5) is 0 Å². The zero-order valence-corrected chi connectivity index (χ0v) is 14.1. The Morgan fingerprint density at radius 1 is 0.760 bits per heavy atom. The first-order valence-corrected chi connectivity index (χ1v) is 8.35. The number of hydrogen-bond acceptors (Lipinski definition) is 3. The standard InChI is InChI=1S/C22H16N2O/c1-13-6-10-19(23-12-13)17-5-3-4-15-16-9-11-20-18(8-7-14(2)24-20)22(16)25-21(15)17/h3-12H,1-2H3. The Hall–Kier alpha value is -3.20. The van der Waals surface area contributed by atoms with Gasteiger partial charge in [-0.2, -0.15) is 0 Å². The first-order valence-electron chi connectivity index (χ1n) is 8.35. The molecule has 0 spiro atoms. The quantitative estimate of drug-likeness (QED) is 0.390. The molecule has 0 aliphatic rings. The normalized spacial score (nSPS) is 11.6. The second-order valence-corrected chi connectivity index (χ2v) is 6.47. The lowest BCUT2D eigenvalue weighted by atomic mass is 10.0. The van der Waals surface area contributed by atoms with E-state index < -0.39 is 0 Å². The van der Waals surface area contributed by atoms with Gasteiger partial charge in [-0.25, -0.2) is 0 Å². The first-order chi connectivity index (χ1) is 12.2. The number of para-hydroxylation sites is 1. The van der Waals surface area contributed by atoms with Gasteiger partial charge in [0.05, 0.1) is 11.2 Å². The highest BCUT2D eigenvalue weighted by Crippen LogP contribution is 2.37. The monoisotopic (exact) mass is 324 g/mol. The van der Waals surface area contributed by atoms with Crippen molar-refractivity contribution in [2.45, 2.75) is 13.8 Å². The molecule has 3 heterocycles. The van der Waals surface area contributed by atoms with Gasteiger partial charge >= 0.3 is 0 Å². The maximum absolute atomic E-state index is 6.34. The third-order valence-corrected chi connectivity index (χ3v) is 4.66. The van der Waals surface area contributed by atoms with E-state index in [4.69, 9.17) is 4.42 Å². The van der Waals surface area contributed by atoms with E-state index in [1.165, 1.54) is 0 Å². The zero-order chi connectivity index (χ0) is 17.0. The Balaban J connectivity index is 1.88. The van der Waals surface area contributed by atoms with Gasteiger partial charge in [-0.3, -0.25) is 9.97 Å². The molecule has 3 aromatic heterocycles. The van der Waals surface area contributed by atoms with E-state index in [2.05, 4.69) is 52.4 Å². The van der Waals surface area contributed by atoms with Gasteiger partial charge in [0.2, 0.25) is 0 Å². The van der Waals surface area contributed by atoms with Gasteiger partial charge < -0.3 is 4.42 Å². The molecule has 0 unspecified atom stereocenters. The summed E-state index contributed by atoms with van der Waals surface area (Å²) in [6.45, 7) is 4.04. The maximum atomic E-state index is 6.34. The van der Waals surface area contributed by atoms with Crippen LogP contribution in [0, 0.1) is 13.8 Å². The Morgan fingerprint density at radius 3 is 2.44 bits per heavy atom. The van der Waals surface area contributed by atoms with Crippen LogP contribution in [-0.4, -0.2) is 9.97 Å². The van der Waals surface area contributed by atoms with E-state index >= 15 is 0 Å². The van der Waals surface area contributed by atoms with Crippen molar-refractivity contribution in [2.75, 3.05) is 0 Å². The Morgan fingerprint density at radius 2 is 1.60 bits per heavy atom. The van der Waals surface area contributed by atoms with E-state index in [1.54, 1.807) is 0 Å². The molecule has 0 radical (unpaired) electrons. The molecule has 0 amide bonds. The third kappa shape index (κ3) is 2.13. The lowest BCUT2D eigenvalue weighted by molar-refractivity contribution is 0.673. The van der Waals surface area contributed by atoms with Crippen LogP contribution in [0.1, 0.15) is 11.3 Å². The lowest BCUT2D eigenvalue weighted by Gasteiger charge is -2.02. The first kappa shape index (κ1) is 14.2. The van der Waals surface area contributed by atoms with Crippen LogP contribution in [0.25, 0.3) is 44.1 Å². The summed E-state index contributed by atoms with van der Waals surface area (Å²) in [7, 11) is 0. The summed E-state index contributed by atoms with van der Waals surface area (Å²) in [5.74, 6) is 0. The van der Waals surface area contributed by atoms with E-state index in [0.29, 0.717) is 0 Å². The lowest BCUT2D eigenvalue weighted by Crippen LogP contribution is -1.84. The minimum atomic E-state index is 0.877. The molecule has 0 saturated heterocycles. The van der Waals surface area contributed by atoms with Gasteiger partial charge in [0.25, 0.3) is 0 Å². The summed E-state index contributed by atoms with van der Waals surface area (Å²) >= 11 is 0.